The summed E-state index contributed by atoms with van der Waals surface area (Å²) in [7, 11) is 3.21. The second-order valence-corrected chi connectivity index (χ2v) is 12.2. The minimum absolute atomic E-state index is 0.00569. The number of benzene rings is 2. The number of aliphatic imine (C=N–C) groups is 2. The summed E-state index contributed by atoms with van der Waals surface area (Å²) in [5.74, 6) is 1.31. The molecule has 0 spiro atoms. The number of nitrogens with zero attached hydrogens (tertiary/aromatic N) is 4. The van der Waals surface area contributed by atoms with E-state index in [0.29, 0.717) is 60.3 Å². The van der Waals surface area contributed by atoms with Crippen molar-refractivity contribution >= 4 is 35.6 Å². The van der Waals surface area contributed by atoms with Crippen molar-refractivity contribution in [2.45, 2.75) is 82.1 Å². The molecule has 2 amide bonds. The maximum atomic E-state index is 13.2. The molecule has 45 heavy (non-hydrogen) atoms. The number of rotatable bonds is 14. The SMILES string of the molecule is COc1ccc2c(c1)C(=O)N1CCC(OCCCCCCCCCOC3CCN4C(=O)c5cc(OC)ccc5N=C[C@@H]34)[C@@H]1C=N2. The van der Waals surface area contributed by atoms with Gasteiger partial charge in [0.25, 0.3) is 11.8 Å². The average Bonchev–Trinajstić information content (AvgIpc) is 3.60. The molecule has 4 aliphatic rings. The molecular weight excluding hydrogens is 572 g/mol. The molecule has 2 unspecified atom stereocenters. The lowest BCUT2D eigenvalue weighted by atomic mass is 10.1. The molecule has 0 bridgehead atoms. The third-order valence-electron chi connectivity index (χ3n) is 9.37. The van der Waals surface area contributed by atoms with Crippen molar-refractivity contribution < 1.29 is 28.5 Å². The quantitative estimate of drug-likeness (QED) is 0.250. The first-order valence-corrected chi connectivity index (χ1v) is 16.4. The highest BCUT2D eigenvalue weighted by molar-refractivity contribution is 6.04. The zero-order chi connectivity index (χ0) is 31.2. The Kier molecular flexibility index (Phi) is 10.1. The Morgan fingerprint density at radius 2 is 1.07 bits per heavy atom. The molecular formula is C35H44N4O6. The van der Waals surface area contributed by atoms with E-state index in [0.717, 1.165) is 38.5 Å². The summed E-state index contributed by atoms with van der Waals surface area (Å²) in [6.45, 7) is 2.76. The maximum absolute atomic E-state index is 13.2. The monoisotopic (exact) mass is 616 g/mol. The fraction of sp³-hybridized carbons (Fsp3) is 0.543. The van der Waals surface area contributed by atoms with Gasteiger partial charge in [0.15, 0.2) is 0 Å². The predicted octanol–water partition coefficient (Wildman–Crippen LogP) is 5.77. The number of ether oxygens (including phenoxy) is 4. The minimum Gasteiger partial charge on any atom is -0.497 e. The Bertz CT molecular complexity index is 1320. The van der Waals surface area contributed by atoms with Gasteiger partial charge in [-0.2, -0.15) is 0 Å². The van der Waals surface area contributed by atoms with Crippen LogP contribution in [0.15, 0.2) is 46.4 Å². The zero-order valence-electron chi connectivity index (χ0n) is 26.4. The summed E-state index contributed by atoms with van der Waals surface area (Å²) in [6.07, 6.45) is 13.3. The van der Waals surface area contributed by atoms with Crippen molar-refractivity contribution in [2.75, 3.05) is 40.5 Å². The van der Waals surface area contributed by atoms with Gasteiger partial charge in [0, 0.05) is 38.7 Å². The topological polar surface area (TPSA) is 102 Å². The first-order valence-electron chi connectivity index (χ1n) is 16.4. The van der Waals surface area contributed by atoms with Crippen molar-refractivity contribution in [1.82, 2.24) is 9.80 Å². The predicted molar refractivity (Wildman–Crippen MR) is 173 cm³/mol. The maximum Gasteiger partial charge on any atom is 0.256 e. The second kappa shape index (κ2) is 14.6. The highest BCUT2D eigenvalue weighted by atomic mass is 16.5. The lowest BCUT2D eigenvalue weighted by Gasteiger charge is -2.23. The van der Waals surface area contributed by atoms with E-state index in [9.17, 15) is 9.59 Å². The van der Waals surface area contributed by atoms with Crippen LogP contribution < -0.4 is 9.47 Å². The highest BCUT2D eigenvalue weighted by Crippen LogP contribution is 2.34. The summed E-state index contributed by atoms with van der Waals surface area (Å²) >= 11 is 0. The van der Waals surface area contributed by atoms with Crippen molar-refractivity contribution in [3.05, 3.63) is 47.5 Å². The van der Waals surface area contributed by atoms with Crippen LogP contribution in [0.25, 0.3) is 0 Å². The molecule has 0 aromatic heterocycles. The molecule has 4 heterocycles. The number of hydrogen-bond donors (Lipinski definition) is 0. The first-order chi connectivity index (χ1) is 22.1. The van der Waals surface area contributed by atoms with E-state index in [1.807, 2.05) is 46.5 Å². The molecule has 10 heteroatoms. The van der Waals surface area contributed by atoms with Gasteiger partial charge in [0.05, 0.1) is 61.0 Å². The molecule has 240 valence electrons. The van der Waals surface area contributed by atoms with Crippen LogP contribution in [0.4, 0.5) is 11.4 Å². The van der Waals surface area contributed by atoms with Crippen LogP contribution in [-0.2, 0) is 9.47 Å². The van der Waals surface area contributed by atoms with Crippen LogP contribution in [0.2, 0.25) is 0 Å². The molecule has 0 aliphatic carbocycles. The lowest BCUT2D eigenvalue weighted by molar-refractivity contribution is 0.0398. The van der Waals surface area contributed by atoms with E-state index in [-0.39, 0.29) is 36.1 Å². The number of unbranched alkanes of at least 4 members (excludes halogenated alkanes) is 6. The molecule has 2 aromatic carbocycles. The summed E-state index contributed by atoms with van der Waals surface area (Å²) in [5, 5.41) is 0. The van der Waals surface area contributed by atoms with Gasteiger partial charge < -0.3 is 28.7 Å². The molecule has 2 saturated heterocycles. The number of fused-ring (bicyclic) bond motifs is 4. The summed E-state index contributed by atoms with van der Waals surface area (Å²) in [5.41, 5.74) is 2.54. The van der Waals surface area contributed by atoms with Gasteiger partial charge in [0.2, 0.25) is 0 Å². The van der Waals surface area contributed by atoms with E-state index in [2.05, 4.69) is 9.98 Å². The largest absolute Gasteiger partial charge is 0.497 e. The van der Waals surface area contributed by atoms with Gasteiger partial charge in [0.1, 0.15) is 11.5 Å². The van der Waals surface area contributed by atoms with Gasteiger partial charge in [-0.1, -0.05) is 32.1 Å². The van der Waals surface area contributed by atoms with Crippen LogP contribution in [0.3, 0.4) is 0 Å². The van der Waals surface area contributed by atoms with Crippen LogP contribution in [0.5, 0.6) is 11.5 Å². The van der Waals surface area contributed by atoms with E-state index >= 15 is 0 Å². The summed E-state index contributed by atoms with van der Waals surface area (Å²) in [6, 6.07) is 10.6. The summed E-state index contributed by atoms with van der Waals surface area (Å²) < 4.78 is 23.1. The van der Waals surface area contributed by atoms with Crippen molar-refractivity contribution in [1.29, 1.82) is 0 Å². The van der Waals surface area contributed by atoms with E-state index < -0.39 is 0 Å². The fourth-order valence-electron chi connectivity index (χ4n) is 6.80. The molecule has 4 aliphatic heterocycles. The average molecular weight is 617 g/mol. The number of amides is 2. The lowest BCUT2D eigenvalue weighted by Crippen LogP contribution is -2.40. The first kappa shape index (κ1) is 31.2. The Morgan fingerprint density at radius 1 is 0.644 bits per heavy atom. The van der Waals surface area contributed by atoms with Gasteiger partial charge in [-0.15, -0.1) is 0 Å². The highest BCUT2D eigenvalue weighted by Gasteiger charge is 2.40. The van der Waals surface area contributed by atoms with Crippen LogP contribution in [0.1, 0.15) is 78.5 Å². The number of methoxy groups -OCH3 is 2. The molecule has 6 rings (SSSR count). The Morgan fingerprint density at radius 3 is 1.49 bits per heavy atom. The fourth-order valence-corrected chi connectivity index (χ4v) is 6.80. The molecule has 10 nitrogen and oxygen atoms in total. The van der Waals surface area contributed by atoms with Crippen molar-refractivity contribution in [2.24, 2.45) is 9.98 Å². The molecule has 4 atom stereocenters. The van der Waals surface area contributed by atoms with Gasteiger partial charge >= 0.3 is 0 Å². The Balaban J connectivity index is 0.832. The zero-order valence-corrected chi connectivity index (χ0v) is 26.4. The molecule has 0 radical (unpaired) electrons. The molecule has 0 N–H and O–H groups in total. The van der Waals surface area contributed by atoms with Crippen LogP contribution in [-0.4, -0.2) is 98.9 Å². The van der Waals surface area contributed by atoms with Crippen molar-refractivity contribution in [3.8, 4) is 11.5 Å². The van der Waals surface area contributed by atoms with Gasteiger partial charge in [-0.05, 0) is 62.1 Å². The number of carbonyl (C=O) groups is 2. The smallest absolute Gasteiger partial charge is 0.256 e. The van der Waals surface area contributed by atoms with Gasteiger partial charge in [-0.25, -0.2) is 0 Å². The standard InChI is InChI=1S/C35H44N4O6/c1-42-24-10-12-28-26(20-24)34(40)38-16-14-32(30(38)22-36-28)44-18-8-6-4-3-5-7-9-19-45-33-15-17-39-31(33)23-37-29-13-11-25(43-2)21-27(29)35(39)41/h10-13,20-23,30-33H,3-9,14-19H2,1-2H3/t30-,31-,32?,33?/m0/s1. The number of carbonyl (C=O) groups excluding carboxylic acids is 2. The minimum atomic E-state index is -0.124. The van der Waals surface area contributed by atoms with Crippen molar-refractivity contribution in [3.63, 3.8) is 0 Å². The summed E-state index contributed by atoms with van der Waals surface area (Å²) in [4.78, 5) is 39.3. The number of hydrogen-bond acceptors (Lipinski definition) is 8. The third-order valence-corrected chi connectivity index (χ3v) is 9.37. The molecule has 2 aromatic rings. The second-order valence-electron chi connectivity index (χ2n) is 12.2. The molecule has 0 saturated carbocycles. The van der Waals surface area contributed by atoms with E-state index in [4.69, 9.17) is 18.9 Å². The third kappa shape index (κ3) is 6.92. The van der Waals surface area contributed by atoms with E-state index in [1.165, 1.54) is 19.3 Å². The van der Waals surface area contributed by atoms with Crippen LogP contribution >= 0.6 is 0 Å². The molecule has 2 fully saturated rings. The van der Waals surface area contributed by atoms with E-state index in [1.54, 1.807) is 26.4 Å². The van der Waals surface area contributed by atoms with Gasteiger partial charge in [-0.3, -0.25) is 19.6 Å². The Hall–Kier alpha value is -3.76. The Labute approximate surface area is 265 Å². The normalized spacial score (nSPS) is 23.3. The van der Waals surface area contributed by atoms with Crippen LogP contribution in [0, 0.1) is 0 Å².